The van der Waals surface area contributed by atoms with Crippen LogP contribution in [0, 0.1) is 0 Å². The molecule has 2 fully saturated rings. The second-order valence-corrected chi connectivity index (χ2v) is 6.27. The van der Waals surface area contributed by atoms with Gasteiger partial charge in [0.2, 0.25) is 5.91 Å². The van der Waals surface area contributed by atoms with Crippen LogP contribution in [0.5, 0.6) is 0 Å². The van der Waals surface area contributed by atoms with Crippen molar-refractivity contribution >= 4 is 5.91 Å². The zero-order valence-corrected chi connectivity index (χ0v) is 12.6. The van der Waals surface area contributed by atoms with Crippen LogP contribution in [-0.2, 0) is 4.79 Å². The molecule has 19 heavy (non-hydrogen) atoms. The number of nitrogens with one attached hydrogen (secondary N) is 1. The van der Waals surface area contributed by atoms with Crippen LogP contribution in [0.15, 0.2) is 0 Å². The van der Waals surface area contributed by atoms with Gasteiger partial charge in [-0.15, -0.1) is 0 Å². The van der Waals surface area contributed by atoms with E-state index in [-0.39, 0.29) is 5.54 Å². The van der Waals surface area contributed by atoms with E-state index in [1.54, 1.807) is 0 Å². The van der Waals surface area contributed by atoms with Gasteiger partial charge in [-0.3, -0.25) is 9.69 Å². The highest BCUT2D eigenvalue weighted by molar-refractivity contribution is 5.78. The molecular weight excluding hydrogens is 240 g/mol. The number of amides is 1. The number of carbonyl (C=O) groups is 1. The van der Waals surface area contributed by atoms with E-state index in [1.807, 2.05) is 11.9 Å². The van der Waals surface area contributed by atoms with E-state index in [0.717, 1.165) is 52.1 Å². The van der Waals surface area contributed by atoms with Gasteiger partial charge in [-0.25, -0.2) is 0 Å². The second kappa shape index (κ2) is 6.20. The first kappa shape index (κ1) is 14.8. The molecule has 1 amide bonds. The van der Waals surface area contributed by atoms with Crippen molar-refractivity contribution in [2.24, 2.45) is 0 Å². The average molecular weight is 268 g/mol. The molecule has 0 aliphatic carbocycles. The van der Waals surface area contributed by atoms with Gasteiger partial charge in [0, 0.05) is 44.8 Å². The number of carbonyl (C=O) groups excluding carboxylic acids is 1. The van der Waals surface area contributed by atoms with E-state index in [9.17, 15) is 4.79 Å². The predicted octanol–water partition coefficient (Wildman–Crippen LogP) is -0.166. The molecule has 2 aliphatic rings. The van der Waals surface area contributed by atoms with Crippen LogP contribution in [0.4, 0.5) is 0 Å². The van der Waals surface area contributed by atoms with Gasteiger partial charge in [-0.1, -0.05) is 0 Å². The average Bonchev–Trinajstić information content (AvgIpc) is 2.42. The number of rotatable bonds is 3. The largest absolute Gasteiger partial charge is 0.339 e. The Hall–Kier alpha value is -0.650. The summed E-state index contributed by atoms with van der Waals surface area (Å²) >= 11 is 0. The first-order chi connectivity index (χ1) is 9.02. The van der Waals surface area contributed by atoms with Gasteiger partial charge in [0.25, 0.3) is 0 Å². The molecule has 0 unspecified atom stereocenters. The third kappa shape index (κ3) is 3.91. The quantitative estimate of drug-likeness (QED) is 0.772. The van der Waals surface area contributed by atoms with Crippen LogP contribution in [0.2, 0.25) is 0 Å². The number of nitrogens with zero attached hydrogens (tertiary/aromatic N) is 3. The van der Waals surface area contributed by atoms with Crippen LogP contribution in [0.25, 0.3) is 0 Å². The van der Waals surface area contributed by atoms with Crippen molar-refractivity contribution in [1.82, 2.24) is 20.0 Å². The normalized spacial score (nSPS) is 25.5. The molecule has 0 aromatic rings. The molecule has 1 N–H and O–H groups in total. The molecule has 5 nitrogen and oxygen atoms in total. The van der Waals surface area contributed by atoms with Crippen molar-refractivity contribution in [1.29, 1.82) is 0 Å². The third-order valence-electron chi connectivity index (χ3n) is 4.78. The minimum absolute atomic E-state index is 0.257. The van der Waals surface area contributed by atoms with E-state index in [2.05, 4.69) is 29.1 Å². The Morgan fingerprint density at radius 2 is 1.68 bits per heavy atom. The summed E-state index contributed by atoms with van der Waals surface area (Å²) < 4.78 is 0. The zero-order chi connectivity index (χ0) is 13.9. The Balaban J connectivity index is 1.75. The SMILES string of the molecule is CNC1(C)CCN(CC(=O)N2CCN(C)CC2)CC1. The lowest BCUT2D eigenvalue weighted by atomic mass is 9.90. The summed E-state index contributed by atoms with van der Waals surface area (Å²) in [5.41, 5.74) is 0.257. The van der Waals surface area contributed by atoms with E-state index >= 15 is 0 Å². The molecule has 5 heteroatoms. The topological polar surface area (TPSA) is 38.8 Å². The molecule has 2 rings (SSSR count). The first-order valence-electron chi connectivity index (χ1n) is 7.40. The summed E-state index contributed by atoms with van der Waals surface area (Å²) in [6.45, 7) is 8.70. The lowest BCUT2D eigenvalue weighted by Crippen LogP contribution is -2.54. The maximum Gasteiger partial charge on any atom is 0.236 e. The number of piperidine rings is 1. The molecule has 0 aromatic heterocycles. The Labute approximate surface area is 116 Å². The molecule has 2 aliphatic heterocycles. The van der Waals surface area contributed by atoms with Crippen LogP contribution in [-0.4, -0.2) is 86.1 Å². The lowest BCUT2D eigenvalue weighted by molar-refractivity contribution is -0.134. The van der Waals surface area contributed by atoms with E-state index in [1.165, 1.54) is 0 Å². The summed E-state index contributed by atoms with van der Waals surface area (Å²) in [5, 5.41) is 3.39. The van der Waals surface area contributed by atoms with Gasteiger partial charge in [-0.05, 0) is 33.9 Å². The molecule has 0 atom stereocenters. The molecule has 0 spiro atoms. The number of likely N-dealkylation sites (N-methyl/N-ethyl adjacent to an activating group) is 1. The van der Waals surface area contributed by atoms with E-state index < -0.39 is 0 Å². The third-order valence-corrected chi connectivity index (χ3v) is 4.78. The number of hydrogen-bond donors (Lipinski definition) is 1. The van der Waals surface area contributed by atoms with Gasteiger partial charge < -0.3 is 15.1 Å². The number of hydrogen-bond acceptors (Lipinski definition) is 4. The second-order valence-electron chi connectivity index (χ2n) is 6.27. The standard InChI is InChI=1S/C14H28N4O/c1-14(15-2)4-6-17(7-5-14)12-13(19)18-10-8-16(3)9-11-18/h15H,4-12H2,1-3H3. The Morgan fingerprint density at radius 3 is 2.21 bits per heavy atom. The smallest absolute Gasteiger partial charge is 0.236 e. The summed E-state index contributed by atoms with van der Waals surface area (Å²) in [6.07, 6.45) is 2.25. The monoisotopic (exact) mass is 268 g/mol. The van der Waals surface area contributed by atoms with Gasteiger partial charge in [0.1, 0.15) is 0 Å². The predicted molar refractivity (Wildman–Crippen MR) is 77.2 cm³/mol. The Morgan fingerprint density at radius 1 is 1.11 bits per heavy atom. The van der Waals surface area contributed by atoms with Crippen LogP contribution >= 0.6 is 0 Å². The van der Waals surface area contributed by atoms with Crippen molar-refractivity contribution in [3.8, 4) is 0 Å². The summed E-state index contributed by atoms with van der Waals surface area (Å²) in [6, 6.07) is 0. The van der Waals surface area contributed by atoms with Crippen molar-refractivity contribution in [2.75, 3.05) is 59.9 Å². The summed E-state index contributed by atoms with van der Waals surface area (Å²) in [5.74, 6) is 0.307. The van der Waals surface area contributed by atoms with Crippen molar-refractivity contribution in [3.63, 3.8) is 0 Å². The fourth-order valence-electron chi connectivity index (χ4n) is 2.80. The van der Waals surface area contributed by atoms with Crippen LogP contribution in [0.3, 0.4) is 0 Å². The molecule has 0 aromatic carbocycles. The fraction of sp³-hybridized carbons (Fsp3) is 0.929. The molecule has 110 valence electrons. The van der Waals surface area contributed by atoms with Crippen molar-refractivity contribution < 1.29 is 4.79 Å². The van der Waals surface area contributed by atoms with Crippen LogP contribution < -0.4 is 5.32 Å². The maximum atomic E-state index is 12.3. The molecule has 0 bridgehead atoms. The minimum atomic E-state index is 0.257. The molecule has 0 radical (unpaired) electrons. The lowest BCUT2D eigenvalue weighted by Gasteiger charge is -2.40. The first-order valence-corrected chi connectivity index (χ1v) is 7.40. The maximum absolute atomic E-state index is 12.3. The molecule has 0 saturated carbocycles. The van der Waals surface area contributed by atoms with Crippen LogP contribution in [0.1, 0.15) is 19.8 Å². The summed E-state index contributed by atoms with van der Waals surface area (Å²) in [4.78, 5) is 18.9. The Kier molecular flexibility index (Phi) is 4.81. The van der Waals surface area contributed by atoms with Gasteiger partial charge >= 0.3 is 0 Å². The van der Waals surface area contributed by atoms with E-state index in [0.29, 0.717) is 12.5 Å². The molecular formula is C14H28N4O. The van der Waals surface area contributed by atoms with Gasteiger partial charge in [-0.2, -0.15) is 0 Å². The fourth-order valence-corrected chi connectivity index (χ4v) is 2.80. The number of likely N-dealkylation sites (tertiary alicyclic amines) is 1. The summed E-state index contributed by atoms with van der Waals surface area (Å²) in [7, 11) is 4.15. The van der Waals surface area contributed by atoms with E-state index in [4.69, 9.17) is 0 Å². The van der Waals surface area contributed by atoms with Crippen molar-refractivity contribution in [2.45, 2.75) is 25.3 Å². The van der Waals surface area contributed by atoms with Gasteiger partial charge in [0.15, 0.2) is 0 Å². The number of piperazine rings is 1. The molecule has 2 saturated heterocycles. The van der Waals surface area contributed by atoms with Crippen molar-refractivity contribution in [3.05, 3.63) is 0 Å². The highest BCUT2D eigenvalue weighted by Crippen LogP contribution is 2.20. The zero-order valence-electron chi connectivity index (χ0n) is 12.6. The minimum Gasteiger partial charge on any atom is -0.339 e. The van der Waals surface area contributed by atoms with Gasteiger partial charge in [0.05, 0.1) is 6.54 Å². The highest BCUT2D eigenvalue weighted by Gasteiger charge is 2.30. The molecule has 2 heterocycles. The Bertz CT molecular complexity index is 305. The highest BCUT2D eigenvalue weighted by atomic mass is 16.2.